The summed E-state index contributed by atoms with van der Waals surface area (Å²) in [5.41, 5.74) is 0. The zero-order valence-electron chi connectivity index (χ0n) is 1.80. The van der Waals surface area contributed by atoms with E-state index < -0.39 is 0 Å². The van der Waals surface area contributed by atoms with Crippen LogP contribution in [0.4, 0.5) is 0 Å². The van der Waals surface area contributed by atoms with Gasteiger partial charge in [0.15, 0.2) is 0 Å². The molecule has 0 fully saturated rings. The van der Waals surface area contributed by atoms with Gasteiger partial charge in [-0.2, -0.15) is 0 Å². The molecule has 4 heavy (non-hydrogen) atoms. The van der Waals surface area contributed by atoms with Gasteiger partial charge in [0, 0.05) is 77.3 Å². The summed E-state index contributed by atoms with van der Waals surface area (Å²) in [7, 11) is 0. The topological polar surface area (TPSA) is 0 Å². The molecule has 25 valence electrons. The van der Waals surface area contributed by atoms with Crippen molar-refractivity contribution in [3.8, 4) is 0 Å². The summed E-state index contributed by atoms with van der Waals surface area (Å²) < 4.78 is 0. The molecule has 0 saturated carbocycles. The SMILES string of the molecule is [B].[Co].[La].[Ni]. The van der Waals surface area contributed by atoms with Crippen molar-refractivity contribution in [3.63, 3.8) is 0 Å². The Morgan fingerprint density at radius 1 is 1.00 bits per heavy atom. The maximum absolute atomic E-state index is 0. The van der Waals surface area contributed by atoms with Crippen molar-refractivity contribution in [3.05, 3.63) is 0 Å². The van der Waals surface area contributed by atoms with Crippen LogP contribution in [0.25, 0.3) is 0 Å². The van der Waals surface area contributed by atoms with Crippen molar-refractivity contribution in [2.45, 2.75) is 0 Å². The molecule has 0 spiro atoms. The first-order chi connectivity index (χ1) is 0. The predicted molar refractivity (Wildman–Crippen MR) is 5.75 cm³/mol. The van der Waals surface area contributed by atoms with Crippen molar-refractivity contribution < 1.29 is 68.9 Å². The largest absolute Gasteiger partial charge is 0 e. The first-order valence-electron chi connectivity index (χ1n) is 0. The van der Waals surface area contributed by atoms with E-state index in [9.17, 15) is 0 Å². The minimum Gasteiger partial charge on any atom is 0 e. The molecular formula is BCoLaNi. The second-order valence-corrected chi connectivity index (χ2v) is 0. The van der Waals surface area contributed by atoms with Gasteiger partial charge in [0.05, 0.1) is 0 Å². The molecule has 0 heterocycles. The fourth-order valence-electron chi connectivity index (χ4n) is 0. The second kappa shape index (κ2) is 18.7. The third-order valence-electron chi connectivity index (χ3n) is 0. The van der Waals surface area contributed by atoms with Gasteiger partial charge in [0.1, 0.15) is 0 Å². The van der Waals surface area contributed by atoms with Crippen LogP contribution in [-0.4, -0.2) is 8.41 Å². The summed E-state index contributed by atoms with van der Waals surface area (Å²) in [5, 5.41) is 0. The Hall–Kier alpha value is 2.26. The molecule has 0 saturated heterocycles. The monoisotopic (exact) mass is 267 g/mol. The predicted octanol–water partition coefficient (Wildman–Crippen LogP) is -0.386. The number of rotatable bonds is 0. The van der Waals surface area contributed by atoms with Crippen molar-refractivity contribution >= 4 is 8.41 Å². The average molecular weight is 267 g/mol. The minimum absolute atomic E-state index is 0. The molecule has 0 aliphatic rings. The Balaban J connectivity index is 0. The molecule has 0 amide bonds. The van der Waals surface area contributed by atoms with Crippen molar-refractivity contribution in [2.24, 2.45) is 0 Å². The van der Waals surface area contributed by atoms with Crippen LogP contribution in [0, 0.1) is 35.6 Å². The van der Waals surface area contributed by atoms with Crippen molar-refractivity contribution in [1.29, 1.82) is 0 Å². The van der Waals surface area contributed by atoms with Crippen LogP contribution < -0.4 is 0 Å². The van der Waals surface area contributed by atoms with Crippen LogP contribution in [-0.2, 0) is 33.3 Å². The summed E-state index contributed by atoms with van der Waals surface area (Å²) in [4.78, 5) is 0. The molecule has 4 heteroatoms. The summed E-state index contributed by atoms with van der Waals surface area (Å²) in [6, 6.07) is 0. The van der Waals surface area contributed by atoms with Crippen molar-refractivity contribution in [2.75, 3.05) is 0 Å². The molecule has 0 aromatic carbocycles. The van der Waals surface area contributed by atoms with Gasteiger partial charge in [-0.05, 0) is 0 Å². The Labute approximate surface area is 76.2 Å². The molecule has 0 N–H and O–H groups in total. The van der Waals surface area contributed by atoms with Gasteiger partial charge in [-0.3, -0.25) is 0 Å². The van der Waals surface area contributed by atoms with E-state index in [2.05, 4.69) is 0 Å². The Morgan fingerprint density at radius 2 is 1.00 bits per heavy atom. The smallest absolute Gasteiger partial charge is 0 e. The van der Waals surface area contributed by atoms with Gasteiger partial charge in [0.2, 0.25) is 0 Å². The molecule has 0 aromatic rings. The van der Waals surface area contributed by atoms with Gasteiger partial charge < -0.3 is 0 Å². The number of hydrogen-bond acceptors (Lipinski definition) is 0. The Morgan fingerprint density at radius 3 is 1.00 bits per heavy atom. The standard InChI is InChI=1S/B.Co.La.Ni. The van der Waals surface area contributed by atoms with E-state index in [1.807, 2.05) is 0 Å². The molecule has 0 unspecified atom stereocenters. The van der Waals surface area contributed by atoms with Gasteiger partial charge in [-0.25, -0.2) is 0 Å². The van der Waals surface area contributed by atoms with E-state index in [1.54, 1.807) is 0 Å². The van der Waals surface area contributed by atoms with Crippen LogP contribution in [0.2, 0.25) is 0 Å². The molecule has 0 aromatic heterocycles. The minimum atomic E-state index is 0. The first kappa shape index (κ1) is 33.9. The quantitative estimate of drug-likeness (QED) is 0.525. The molecule has 0 nitrogen and oxygen atoms in total. The van der Waals surface area contributed by atoms with Gasteiger partial charge in [-0.15, -0.1) is 0 Å². The summed E-state index contributed by atoms with van der Waals surface area (Å²) >= 11 is 0. The van der Waals surface area contributed by atoms with E-state index in [0.29, 0.717) is 0 Å². The molecule has 0 atom stereocenters. The molecular weight excluding hydrogens is 267 g/mol. The molecule has 5 radical (unpaired) electrons. The zero-order chi connectivity index (χ0) is 0. The second-order valence-electron chi connectivity index (χ2n) is 0. The maximum Gasteiger partial charge on any atom is 0 e. The molecule has 0 rings (SSSR count). The third kappa shape index (κ3) is 8.86. The zero-order valence-corrected chi connectivity index (χ0v) is 7.46. The normalized spacial score (nSPS) is 0. The first-order valence-corrected chi connectivity index (χ1v) is 0. The molecule has 0 aliphatic carbocycles. The van der Waals surface area contributed by atoms with Gasteiger partial charge in [0.25, 0.3) is 0 Å². The third-order valence-corrected chi connectivity index (χ3v) is 0. The van der Waals surface area contributed by atoms with Gasteiger partial charge >= 0.3 is 0 Å². The summed E-state index contributed by atoms with van der Waals surface area (Å²) in [5.74, 6) is 0. The van der Waals surface area contributed by atoms with E-state index in [4.69, 9.17) is 0 Å². The number of hydrogen-bond donors (Lipinski definition) is 0. The molecule has 0 bridgehead atoms. The summed E-state index contributed by atoms with van der Waals surface area (Å²) in [6.45, 7) is 0. The van der Waals surface area contributed by atoms with Crippen molar-refractivity contribution in [1.82, 2.24) is 0 Å². The van der Waals surface area contributed by atoms with Crippen LogP contribution in [0.1, 0.15) is 0 Å². The van der Waals surface area contributed by atoms with E-state index >= 15 is 0 Å². The van der Waals surface area contributed by atoms with E-state index in [-0.39, 0.29) is 77.3 Å². The van der Waals surface area contributed by atoms with Crippen LogP contribution in [0.15, 0.2) is 0 Å². The van der Waals surface area contributed by atoms with E-state index in [1.165, 1.54) is 0 Å². The Kier molecular flexibility index (Phi) is 158. The van der Waals surface area contributed by atoms with E-state index in [0.717, 1.165) is 0 Å². The van der Waals surface area contributed by atoms with Gasteiger partial charge in [-0.1, -0.05) is 0 Å². The average Bonchev–Trinajstić information content (AvgIpc) is 0. The Bertz CT molecular complexity index is 8.00. The van der Waals surface area contributed by atoms with Crippen LogP contribution in [0.5, 0.6) is 0 Å². The van der Waals surface area contributed by atoms with Crippen LogP contribution in [0.3, 0.4) is 0 Å². The summed E-state index contributed by atoms with van der Waals surface area (Å²) in [6.07, 6.45) is 0. The van der Waals surface area contributed by atoms with Crippen LogP contribution >= 0.6 is 0 Å². The fraction of sp³-hybridized carbons (Fsp3) is 0. The maximum atomic E-state index is 0. The molecule has 0 aliphatic heterocycles. The fourth-order valence-corrected chi connectivity index (χ4v) is 0.